The van der Waals surface area contributed by atoms with Gasteiger partial charge in [-0.15, -0.1) is 0 Å². The molecule has 274 valence electrons. The minimum atomic E-state index is -0.943. The highest BCUT2D eigenvalue weighted by Gasteiger charge is 2.28. The summed E-state index contributed by atoms with van der Waals surface area (Å²) >= 11 is 0. The molecule has 0 aliphatic heterocycles. The first-order chi connectivity index (χ1) is 22.5. The van der Waals surface area contributed by atoms with E-state index < -0.39 is 23.9 Å². The largest absolute Gasteiger partial charge is 0.356 e. The van der Waals surface area contributed by atoms with Gasteiger partial charge in [0.05, 0.1) is 6.04 Å². The summed E-state index contributed by atoms with van der Waals surface area (Å²) in [7, 11) is 0. The standard InChI is InChI=1S/C36H62N4O8/c1-23(2)29(41)15-18-32(44)37-21-11-9-13-27(35(47)26(7)8)40-36(48)28(39-34(46)20-17-31(43)25(5)6)14-10-12-22-38-33(45)19-16-30(42)24(3)4/h23-28H,9-22H2,1-8H3,(H,37,44)(H,38,45)(H,39,46)(H,40,48). The van der Waals surface area contributed by atoms with Crippen molar-refractivity contribution < 1.29 is 38.4 Å². The van der Waals surface area contributed by atoms with Crippen LogP contribution < -0.4 is 21.3 Å². The molecule has 0 aromatic carbocycles. The van der Waals surface area contributed by atoms with Crippen LogP contribution in [-0.4, -0.2) is 71.9 Å². The quantitative estimate of drug-likeness (QED) is 0.0946. The van der Waals surface area contributed by atoms with Crippen LogP contribution in [0, 0.1) is 23.7 Å². The Morgan fingerprint density at radius 1 is 0.417 bits per heavy atom. The number of hydrogen-bond acceptors (Lipinski definition) is 8. The Morgan fingerprint density at radius 2 is 0.792 bits per heavy atom. The minimum absolute atomic E-state index is 0.0251. The summed E-state index contributed by atoms with van der Waals surface area (Å²) < 4.78 is 0. The Labute approximate surface area is 287 Å². The molecule has 48 heavy (non-hydrogen) atoms. The molecule has 12 nitrogen and oxygen atoms in total. The monoisotopic (exact) mass is 678 g/mol. The molecule has 0 radical (unpaired) electrons. The molecule has 0 fully saturated rings. The summed E-state index contributed by atoms with van der Waals surface area (Å²) in [4.78, 5) is 99.0. The SMILES string of the molecule is CC(C)C(=O)CCC(=O)NCCCCC(NC(=O)CCC(=O)C(C)C)C(=O)NC(CCCCNC(=O)CCC(=O)C(C)C)C(=O)C(C)C. The molecule has 0 aliphatic carbocycles. The maximum absolute atomic E-state index is 13.5. The molecule has 4 amide bonds. The van der Waals surface area contributed by atoms with Crippen molar-refractivity contribution in [3.63, 3.8) is 0 Å². The first-order valence-corrected chi connectivity index (χ1v) is 17.7. The maximum atomic E-state index is 13.5. The second-order valence-electron chi connectivity index (χ2n) is 13.8. The number of carbonyl (C=O) groups is 8. The fourth-order valence-electron chi connectivity index (χ4n) is 4.65. The molecular weight excluding hydrogens is 616 g/mol. The number of hydrogen-bond donors (Lipinski definition) is 4. The highest BCUT2D eigenvalue weighted by molar-refractivity contribution is 5.94. The topological polar surface area (TPSA) is 185 Å². The number of amides is 4. The number of nitrogens with one attached hydrogen (secondary N) is 4. The molecule has 0 saturated carbocycles. The number of carbonyl (C=O) groups excluding carboxylic acids is 8. The second-order valence-corrected chi connectivity index (χ2v) is 13.8. The van der Waals surface area contributed by atoms with E-state index in [-0.39, 0.29) is 104 Å². The maximum Gasteiger partial charge on any atom is 0.243 e. The van der Waals surface area contributed by atoms with Crippen LogP contribution in [0.25, 0.3) is 0 Å². The Kier molecular flexibility index (Phi) is 22.9. The van der Waals surface area contributed by atoms with Crippen molar-refractivity contribution >= 4 is 46.8 Å². The molecule has 0 bridgehead atoms. The van der Waals surface area contributed by atoms with Crippen LogP contribution in [0.1, 0.15) is 132 Å². The van der Waals surface area contributed by atoms with Crippen molar-refractivity contribution in [3.8, 4) is 0 Å². The van der Waals surface area contributed by atoms with Gasteiger partial charge in [-0.2, -0.15) is 0 Å². The van der Waals surface area contributed by atoms with Gasteiger partial charge in [-0.1, -0.05) is 55.4 Å². The second kappa shape index (κ2) is 24.7. The summed E-state index contributed by atoms with van der Waals surface area (Å²) in [6, 6.07) is -1.73. The summed E-state index contributed by atoms with van der Waals surface area (Å²) in [6.45, 7) is 14.9. The van der Waals surface area contributed by atoms with Crippen LogP contribution >= 0.6 is 0 Å². The first-order valence-electron chi connectivity index (χ1n) is 17.7. The van der Waals surface area contributed by atoms with E-state index in [4.69, 9.17) is 0 Å². The molecule has 2 atom stereocenters. The van der Waals surface area contributed by atoms with Crippen molar-refractivity contribution in [2.75, 3.05) is 13.1 Å². The molecule has 0 rings (SSSR count). The lowest BCUT2D eigenvalue weighted by molar-refractivity contribution is -0.133. The summed E-state index contributed by atoms with van der Waals surface area (Å²) in [5.41, 5.74) is 0. The molecule has 0 aromatic rings. The number of rotatable bonds is 27. The van der Waals surface area contributed by atoms with E-state index >= 15 is 0 Å². The fourth-order valence-corrected chi connectivity index (χ4v) is 4.65. The highest BCUT2D eigenvalue weighted by atomic mass is 16.2. The molecule has 2 unspecified atom stereocenters. The van der Waals surface area contributed by atoms with Crippen molar-refractivity contribution in [2.45, 2.75) is 145 Å². The van der Waals surface area contributed by atoms with Gasteiger partial charge < -0.3 is 21.3 Å². The zero-order valence-electron chi connectivity index (χ0n) is 30.6. The number of Topliss-reactive ketones (excluding diaryl/α,β-unsaturated/α-hetero) is 4. The minimum Gasteiger partial charge on any atom is -0.356 e. The average Bonchev–Trinajstić information content (AvgIpc) is 3.02. The normalized spacial score (nSPS) is 12.5. The van der Waals surface area contributed by atoms with Crippen LogP contribution in [0.15, 0.2) is 0 Å². The molecule has 4 N–H and O–H groups in total. The third-order valence-electron chi connectivity index (χ3n) is 8.09. The molecule has 0 aliphatic rings. The molecule has 0 spiro atoms. The van der Waals surface area contributed by atoms with E-state index in [9.17, 15) is 38.4 Å². The van der Waals surface area contributed by atoms with Gasteiger partial charge in [0.25, 0.3) is 0 Å². The van der Waals surface area contributed by atoms with Gasteiger partial charge in [0.1, 0.15) is 23.4 Å². The van der Waals surface area contributed by atoms with Crippen molar-refractivity contribution in [1.82, 2.24) is 21.3 Å². The van der Waals surface area contributed by atoms with Crippen LogP contribution in [0.3, 0.4) is 0 Å². The van der Waals surface area contributed by atoms with Gasteiger partial charge in [0.2, 0.25) is 23.6 Å². The van der Waals surface area contributed by atoms with Crippen LogP contribution in [0.5, 0.6) is 0 Å². The Hall–Kier alpha value is -3.44. The fraction of sp³-hybridized carbons (Fsp3) is 0.778. The van der Waals surface area contributed by atoms with Crippen LogP contribution in [0.4, 0.5) is 0 Å². The smallest absolute Gasteiger partial charge is 0.243 e. The van der Waals surface area contributed by atoms with Gasteiger partial charge in [0.15, 0.2) is 5.78 Å². The van der Waals surface area contributed by atoms with Crippen molar-refractivity contribution in [1.29, 1.82) is 0 Å². The number of ketones is 4. The molecular formula is C36H62N4O8. The third-order valence-corrected chi connectivity index (χ3v) is 8.09. The lowest BCUT2D eigenvalue weighted by atomic mass is 9.96. The van der Waals surface area contributed by atoms with Crippen molar-refractivity contribution in [3.05, 3.63) is 0 Å². The Balaban J connectivity index is 5.20. The summed E-state index contributed by atoms with van der Waals surface area (Å²) in [6.07, 6.45) is 3.36. The van der Waals surface area contributed by atoms with Crippen LogP contribution in [0.2, 0.25) is 0 Å². The molecule has 0 saturated heterocycles. The van der Waals surface area contributed by atoms with E-state index in [2.05, 4.69) is 21.3 Å². The zero-order valence-corrected chi connectivity index (χ0v) is 30.6. The van der Waals surface area contributed by atoms with Gasteiger partial charge in [-0.25, -0.2) is 0 Å². The van der Waals surface area contributed by atoms with Gasteiger partial charge >= 0.3 is 0 Å². The highest BCUT2D eigenvalue weighted by Crippen LogP contribution is 2.11. The third kappa shape index (κ3) is 20.7. The predicted molar refractivity (Wildman–Crippen MR) is 185 cm³/mol. The van der Waals surface area contributed by atoms with Gasteiger partial charge in [-0.3, -0.25) is 38.4 Å². The van der Waals surface area contributed by atoms with E-state index in [0.29, 0.717) is 45.2 Å². The zero-order chi connectivity index (χ0) is 36.8. The van der Waals surface area contributed by atoms with E-state index in [1.165, 1.54) is 0 Å². The van der Waals surface area contributed by atoms with E-state index in [1.54, 1.807) is 55.4 Å². The lowest BCUT2D eigenvalue weighted by Gasteiger charge is -2.24. The molecule has 0 heterocycles. The predicted octanol–water partition coefficient (Wildman–Crippen LogP) is 3.77. The molecule has 12 heteroatoms. The summed E-state index contributed by atoms with van der Waals surface area (Å²) in [5.74, 6) is -2.31. The Morgan fingerprint density at radius 3 is 1.17 bits per heavy atom. The van der Waals surface area contributed by atoms with E-state index in [0.717, 1.165) is 0 Å². The Bertz CT molecular complexity index is 1080. The van der Waals surface area contributed by atoms with Gasteiger partial charge in [-0.05, 0) is 38.5 Å². The van der Waals surface area contributed by atoms with Crippen LogP contribution in [-0.2, 0) is 38.4 Å². The molecule has 0 aromatic heterocycles. The first kappa shape index (κ1) is 44.6. The number of unbranched alkanes of at least 4 members (excludes halogenated alkanes) is 2. The summed E-state index contributed by atoms with van der Waals surface area (Å²) in [5, 5.41) is 11.1. The van der Waals surface area contributed by atoms with E-state index in [1.807, 2.05) is 0 Å². The lowest BCUT2D eigenvalue weighted by Crippen LogP contribution is -2.52. The van der Waals surface area contributed by atoms with Crippen molar-refractivity contribution in [2.24, 2.45) is 23.7 Å². The average molecular weight is 679 g/mol. The van der Waals surface area contributed by atoms with Gasteiger partial charge in [0, 0.05) is 75.3 Å².